The number of likely N-dealkylation sites (tertiary alicyclic amines) is 1. The van der Waals surface area contributed by atoms with Crippen molar-refractivity contribution >= 4 is 10.9 Å². The number of fused-ring (bicyclic) bond motifs is 1. The number of nitrogens with one attached hydrogen (secondary N) is 1. The fourth-order valence-electron chi connectivity index (χ4n) is 2.55. The van der Waals surface area contributed by atoms with Crippen molar-refractivity contribution in [1.29, 1.82) is 0 Å². The van der Waals surface area contributed by atoms with E-state index in [1.807, 2.05) is 6.07 Å². The molecule has 16 heavy (non-hydrogen) atoms. The Morgan fingerprint density at radius 1 is 1.25 bits per heavy atom. The van der Waals surface area contributed by atoms with E-state index in [1.165, 1.54) is 43.3 Å². The Bertz CT molecular complexity index is 466. The molecule has 1 N–H and O–H groups in total. The SMILES string of the molecule is [c]1cccc2c(CN3CCCCC3)c[nH]c12. The Labute approximate surface area is 96.3 Å². The lowest BCUT2D eigenvalue weighted by molar-refractivity contribution is 0.221. The van der Waals surface area contributed by atoms with Crippen LogP contribution in [0.4, 0.5) is 0 Å². The van der Waals surface area contributed by atoms with E-state index in [0.29, 0.717) is 0 Å². The summed E-state index contributed by atoms with van der Waals surface area (Å²) >= 11 is 0. The molecule has 1 aliphatic rings. The van der Waals surface area contributed by atoms with Gasteiger partial charge in [-0.05, 0) is 31.5 Å². The van der Waals surface area contributed by atoms with E-state index in [9.17, 15) is 0 Å². The molecule has 0 saturated carbocycles. The van der Waals surface area contributed by atoms with Crippen LogP contribution in [-0.4, -0.2) is 23.0 Å². The monoisotopic (exact) mass is 213 g/mol. The quantitative estimate of drug-likeness (QED) is 0.812. The largest absolute Gasteiger partial charge is 0.360 e. The van der Waals surface area contributed by atoms with Gasteiger partial charge in [0.2, 0.25) is 0 Å². The molecule has 3 rings (SSSR count). The maximum atomic E-state index is 3.30. The van der Waals surface area contributed by atoms with Crippen LogP contribution >= 0.6 is 0 Å². The molecule has 1 radical (unpaired) electrons. The molecule has 0 amide bonds. The summed E-state index contributed by atoms with van der Waals surface area (Å²) < 4.78 is 0. The zero-order chi connectivity index (χ0) is 10.8. The molecule has 1 aromatic carbocycles. The summed E-state index contributed by atoms with van der Waals surface area (Å²) in [5, 5.41) is 1.33. The van der Waals surface area contributed by atoms with Crippen LogP contribution in [0.1, 0.15) is 24.8 Å². The van der Waals surface area contributed by atoms with E-state index in [-0.39, 0.29) is 0 Å². The fraction of sp³-hybridized carbons (Fsp3) is 0.429. The summed E-state index contributed by atoms with van der Waals surface area (Å²) in [5.74, 6) is 0. The summed E-state index contributed by atoms with van der Waals surface area (Å²) in [6, 6.07) is 9.44. The van der Waals surface area contributed by atoms with Gasteiger partial charge in [0.15, 0.2) is 0 Å². The number of benzene rings is 1. The van der Waals surface area contributed by atoms with Crippen LogP contribution in [-0.2, 0) is 6.54 Å². The lowest BCUT2D eigenvalue weighted by atomic mass is 10.1. The molecule has 0 spiro atoms. The number of hydrogen-bond donors (Lipinski definition) is 1. The molecule has 2 aromatic rings. The van der Waals surface area contributed by atoms with Crippen LogP contribution in [0, 0.1) is 6.07 Å². The van der Waals surface area contributed by atoms with E-state index < -0.39 is 0 Å². The maximum absolute atomic E-state index is 3.30. The highest BCUT2D eigenvalue weighted by molar-refractivity contribution is 5.82. The third-order valence-corrected chi connectivity index (χ3v) is 3.44. The average molecular weight is 213 g/mol. The van der Waals surface area contributed by atoms with Crippen LogP contribution in [0.2, 0.25) is 0 Å². The van der Waals surface area contributed by atoms with Gasteiger partial charge in [-0.25, -0.2) is 0 Å². The second kappa shape index (κ2) is 4.30. The summed E-state index contributed by atoms with van der Waals surface area (Å²) in [4.78, 5) is 5.85. The van der Waals surface area contributed by atoms with E-state index in [0.717, 1.165) is 12.1 Å². The summed E-state index contributed by atoms with van der Waals surface area (Å²) in [5.41, 5.74) is 2.54. The van der Waals surface area contributed by atoms with Gasteiger partial charge < -0.3 is 4.98 Å². The molecule has 2 nitrogen and oxygen atoms in total. The predicted octanol–water partition coefficient (Wildman–Crippen LogP) is 2.95. The lowest BCUT2D eigenvalue weighted by Gasteiger charge is -2.26. The van der Waals surface area contributed by atoms with Crippen molar-refractivity contribution in [3.8, 4) is 0 Å². The van der Waals surface area contributed by atoms with Crippen molar-refractivity contribution in [3.05, 3.63) is 36.0 Å². The van der Waals surface area contributed by atoms with E-state index in [1.54, 1.807) is 0 Å². The zero-order valence-electron chi connectivity index (χ0n) is 9.50. The lowest BCUT2D eigenvalue weighted by Crippen LogP contribution is -2.28. The van der Waals surface area contributed by atoms with Gasteiger partial charge in [0.25, 0.3) is 0 Å². The minimum Gasteiger partial charge on any atom is -0.360 e. The van der Waals surface area contributed by atoms with E-state index in [4.69, 9.17) is 0 Å². The van der Waals surface area contributed by atoms with E-state index >= 15 is 0 Å². The van der Waals surface area contributed by atoms with E-state index in [2.05, 4.69) is 34.3 Å². The maximum Gasteiger partial charge on any atom is 0.0537 e. The van der Waals surface area contributed by atoms with Crippen molar-refractivity contribution in [2.75, 3.05) is 13.1 Å². The molecule has 83 valence electrons. The minimum atomic E-state index is 1.08. The van der Waals surface area contributed by atoms with Gasteiger partial charge in [0.05, 0.1) is 5.52 Å². The number of aromatic amines is 1. The van der Waals surface area contributed by atoms with Crippen molar-refractivity contribution in [2.24, 2.45) is 0 Å². The smallest absolute Gasteiger partial charge is 0.0537 e. The van der Waals surface area contributed by atoms with Crippen molar-refractivity contribution in [2.45, 2.75) is 25.8 Å². The van der Waals surface area contributed by atoms with Crippen molar-refractivity contribution in [3.63, 3.8) is 0 Å². The average Bonchev–Trinajstić information content (AvgIpc) is 2.74. The van der Waals surface area contributed by atoms with Gasteiger partial charge in [-0.1, -0.05) is 24.6 Å². The summed E-state index contributed by atoms with van der Waals surface area (Å²) in [7, 11) is 0. The third-order valence-electron chi connectivity index (χ3n) is 3.44. The van der Waals surface area contributed by atoms with Crippen molar-refractivity contribution < 1.29 is 0 Å². The highest BCUT2D eigenvalue weighted by atomic mass is 15.1. The first kappa shape index (κ1) is 9.91. The van der Waals surface area contributed by atoms with Crippen molar-refractivity contribution in [1.82, 2.24) is 9.88 Å². The van der Waals surface area contributed by atoms with Crippen LogP contribution < -0.4 is 0 Å². The molecule has 1 saturated heterocycles. The Kier molecular flexibility index (Phi) is 2.66. The second-order valence-corrected chi connectivity index (χ2v) is 4.61. The molecule has 0 unspecified atom stereocenters. The summed E-state index contributed by atoms with van der Waals surface area (Å²) in [6.45, 7) is 3.59. The first-order valence-electron chi connectivity index (χ1n) is 6.12. The number of H-pyrrole nitrogens is 1. The number of piperidine rings is 1. The number of aromatic nitrogens is 1. The fourth-order valence-corrected chi connectivity index (χ4v) is 2.55. The Hall–Kier alpha value is -1.28. The van der Waals surface area contributed by atoms with Gasteiger partial charge in [-0.2, -0.15) is 0 Å². The third kappa shape index (κ3) is 1.85. The number of hydrogen-bond acceptors (Lipinski definition) is 1. The Morgan fingerprint density at radius 3 is 3.00 bits per heavy atom. The van der Waals surface area contributed by atoms with Gasteiger partial charge in [-0.15, -0.1) is 0 Å². The molecule has 1 aliphatic heterocycles. The number of nitrogens with zero attached hydrogens (tertiary/aromatic N) is 1. The first-order valence-corrected chi connectivity index (χ1v) is 6.12. The Balaban J connectivity index is 1.83. The predicted molar refractivity (Wildman–Crippen MR) is 66.3 cm³/mol. The van der Waals surface area contributed by atoms with Gasteiger partial charge in [0.1, 0.15) is 0 Å². The summed E-state index contributed by atoms with van der Waals surface area (Å²) in [6.07, 6.45) is 6.25. The van der Waals surface area contributed by atoms with Gasteiger partial charge in [0, 0.05) is 24.2 Å². The highest BCUT2D eigenvalue weighted by Crippen LogP contribution is 2.20. The van der Waals surface area contributed by atoms with Crippen LogP contribution in [0.25, 0.3) is 10.9 Å². The molecule has 1 aromatic heterocycles. The zero-order valence-corrected chi connectivity index (χ0v) is 9.50. The molecule has 2 heterocycles. The molecule has 0 bridgehead atoms. The molecular formula is C14H17N2. The second-order valence-electron chi connectivity index (χ2n) is 4.61. The van der Waals surface area contributed by atoms with Crippen LogP contribution in [0.3, 0.4) is 0 Å². The minimum absolute atomic E-state index is 1.08. The molecule has 1 fully saturated rings. The molecular weight excluding hydrogens is 196 g/mol. The molecule has 0 atom stereocenters. The Morgan fingerprint density at radius 2 is 2.12 bits per heavy atom. The van der Waals surface area contributed by atoms with Crippen LogP contribution in [0.15, 0.2) is 24.4 Å². The molecule has 2 heteroatoms. The topological polar surface area (TPSA) is 19.0 Å². The first-order chi connectivity index (χ1) is 7.93. The number of para-hydroxylation sites is 1. The van der Waals surface area contributed by atoms with Gasteiger partial charge in [-0.3, -0.25) is 4.90 Å². The highest BCUT2D eigenvalue weighted by Gasteiger charge is 2.12. The van der Waals surface area contributed by atoms with Crippen LogP contribution in [0.5, 0.6) is 0 Å². The normalized spacial score (nSPS) is 18.0. The number of rotatable bonds is 2. The standard InChI is InChI=1S/C14H17N2/c1-4-8-16(9-5-1)11-12-10-15-14-7-3-2-6-13(12)14/h2-3,6,10,15H,1,4-5,8-9,11H2. The molecule has 0 aliphatic carbocycles. The van der Waals surface area contributed by atoms with Gasteiger partial charge >= 0.3 is 0 Å².